The highest BCUT2D eigenvalue weighted by atomic mass is 35.5. The van der Waals surface area contributed by atoms with Crippen LogP contribution in [0.1, 0.15) is 11.4 Å². The average molecular weight is 504 g/mol. The van der Waals surface area contributed by atoms with Crippen LogP contribution in [0.25, 0.3) is 16.9 Å². The Balaban J connectivity index is 1.63. The highest BCUT2D eigenvalue weighted by Gasteiger charge is 2.15. The monoisotopic (exact) mass is 502 g/mol. The van der Waals surface area contributed by atoms with Crippen molar-refractivity contribution in [1.29, 1.82) is 0 Å². The SMILES string of the molecule is C=C(Cc1cn2c(-c3cc(OCCO)c(Cl)cc3Cl)cccc2n1)Nc1ccc(Cl)nc1C. The Morgan fingerprint density at radius 3 is 2.70 bits per heavy atom. The van der Waals surface area contributed by atoms with Crippen LogP contribution in [0.4, 0.5) is 5.69 Å². The van der Waals surface area contributed by atoms with Crippen molar-refractivity contribution in [1.82, 2.24) is 14.4 Å². The maximum Gasteiger partial charge on any atom is 0.138 e. The molecule has 6 nitrogen and oxygen atoms in total. The molecule has 4 aromatic rings. The zero-order chi connectivity index (χ0) is 23.5. The van der Waals surface area contributed by atoms with E-state index in [2.05, 4.69) is 16.9 Å². The molecule has 0 fully saturated rings. The number of rotatable bonds is 8. The topological polar surface area (TPSA) is 71.7 Å². The van der Waals surface area contributed by atoms with E-state index in [9.17, 15) is 0 Å². The quantitative estimate of drug-likeness (QED) is 0.280. The number of nitrogens with zero attached hydrogens (tertiary/aromatic N) is 3. The van der Waals surface area contributed by atoms with E-state index >= 15 is 0 Å². The lowest BCUT2D eigenvalue weighted by atomic mass is 10.1. The van der Waals surface area contributed by atoms with Gasteiger partial charge in [0.1, 0.15) is 23.2 Å². The third-order valence-electron chi connectivity index (χ3n) is 4.95. The summed E-state index contributed by atoms with van der Waals surface area (Å²) in [6, 6.07) is 12.8. The molecule has 1 aromatic carbocycles. The van der Waals surface area contributed by atoms with Gasteiger partial charge in [-0.05, 0) is 43.3 Å². The molecule has 2 N–H and O–H groups in total. The van der Waals surface area contributed by atoms with Gasteiger partial charge < -0.3 is 15.2 Å². The van der Waals surface area contributed by atoms with Crippen molar-refractivity contribution < 1.29 is 9.84 Å². The van der Waals surface area contributed by atoms with Crippen molar-refractivity contribution in [2.45, 2.75) is 13.3 Å². The van der Waals surface area contributed by atoms with Gasteiger partial charge in [0.25, 0.3) is 0 Å². The Morgan fingerprint density at radius 1 is 1.12 bits per heavy atom. The van der Waals surface area contributed by atoms with E-state index in [4.69, 9.17) is 49.6 Å². The van der Waals surface area contributed by atoms with Crippen LogP contribution in [0.5, 0.6) is 5.75 Å². The second-order valence-corrected chi connectivity index (χ2v) is 8.58. The van der Waals surface area contributed by atoms with E-state index in [-0.39, 0.29) is 13.2 Å². The summed E-state index contributed by atoms with van der Waals surface area (Å²) >= 11 is 18.7. The number of pyridine rings is 2. The summed E-state index contributed by atoms with van der Waals surface area (Å²) in [6.45, 7) is 6.04. The van der Waals surface area contributed by atoms with Crippen LogP contribution in [-0.4, -0.2) is 32.7 Å². The molecule has 0 atom stereocenters. The number of ether oxygens (including phenoxy) is 1. The zero-order valence-corrected chi connectivity index (χ0v) is 20.0. The molecular formula is C24H21Cl3N4O2. The summed E-state index contributed by atoms with van der Waals surface area (Å²) in [7, 11) is 0. The van der Waals surface area contributed by atoms with E-state index in [1.54, 1.807) is 18.2 Å². The number of aromatic nitrogens is 3. The first-order valence-electron chi connectivity index (χ1n) is 10.1. The van der Waals surface area contributed by atoms with Crippen LogP contribution >= 0.6 is 34.8 Å². The first-order valence-corrected chi connectivity index (χ1v) is 11.3. The number of anilines is 1. The molecule has 0 amide bonds. The first-order chi connectivity index (χ1) is 15.9. The van der Waals surface area contributed by atoms with Gasteiger partial charge in [-0.3, -0.25) is 4.40 Å². The molecule has 33 heavy (non-hydrogen) atoms. The Labute approximate surface area is 206 Å². The van der Waals surface area contributed by atoms with Crippen molar-refractivity contribution in [3.8, 4) is 17.0 Å². The standard InChI is InChI=1S/C24H21Cl3N4O2/c1-14(28-20-6-7-23(27)29-15(20)2)10-16-13-31-21(4-3-5-24(31)30-16)17-11-22(33-9-8-32)19(26)12-18(17)25/h3-7,11-13,28,32H,1,8-10H2,2H3. The second-order valence-electron chi connectivity index (χ2n) is 7.38. The predicted molar refractivity (Wildman–Crippen MR) is 134 cm³/mol. The fourth-order valence-electron chi connectivity index (χ4n) is 3.47. The van der Waals surface area contributed by atoms with Gasteiger partial charge in [-0.1, -0.05) is 47.4 Å². The molecule has 170 valence electrons. The highest BCUT2D eigenvalue weighted by Crippen LogP contribution is 2.37. The van der Waals surface area contributed by atoms with E-state index in [1.165, 1.54) is 0 Å². The third-order valence-corrected chi connectivity index (χ3v) is 5.76. The molecule has 9 heteroatoms. The van der Waals surface area contributed by atoms with Crippen molar-refractivity contribution in [2.24, 2.45) is 0 Å². The van der Waals surface area contributed by atoms with Crippen molar-refractivity contribution in [3.05, 3.63) is 87.5 Å². The van der Waals surface area contributed by atoms with Crippen LogP contribution in [0.15, 0.2) is 60.9 Å². The summed E-state index contributed by atoms with van der Waals surface area (Å²) in [5.41, 5.74) is 5.58. The Morgan fingerprint density at radius 2 is 1.94 bits per heavy atom. The van der Waals surface area contributed by atoms with E-state index in [1.807, 2.05) is 41.8 Å². The van der Waals surface area contributed by atoms with Crippen LogP contribution in [0, 0.1) is 6.92 Å². The maximum absolute atomic E-state index is 9.07. The number of nitrogens with one attached hydrogen (secondary N) is 1. The van der Waals surface area contributed by atoms with Gasteiger partial charge in [0.05, 0.1) is 39.4 Å². The Bertz CT molecular complexity index is 1340. The van der Waals surface area contributed by atoms with Crippen LogP contribution in [0.2, 0.25) is 15.2 Å². The Kier molecular flexibility index (Phi) is 7.10. The number of aliphatic hydroxyl groups excluding tert-OH is 1. The van der Waals surface area contributed by atoms with Crippen LogP contribution in [-0.2, 0) is 6.42 Å². The smallest absolute Gasteiger partial charge is 0.138 e. The van der Waals surface area contributed by atoms with Crippen LogP contribution < -0.4 is 10.1 Å². The summed E-state index contributed by atoms with van der Waals surface area (Å²) in [4.78, 5) is 8.98. The minimum absolute atomic E-state index is 0.113. The molecule has 3 heterocycles. The fourth-order valence-corrected chi connectivity index (χ4v) is 4.20. The van der Waals surface area contributed by atoms with Crippen molar-refractivity contribution >= 4 is 46.1 Å². The van der Waals surface area contributed by atoms with Gasteiger partial charge in [0.15, 0.2) is 0 Å². The lowest BCUT2D eigenvalue weighted by Gasteiger charge is -2.12. The molecule has 0 spiro atoms. The van der Waals surface area contributed by atoms with E-state index in [0.29, 0.717) is 27.4 Å². The first kappa shape index (κ1) is 23.4. The molecule has 0 unspecified atom stereocenters. The summed E-state index contributed by atoms with van der Waals surface area (Å²) in [6.07, 6.45) is 2.46. The molecule has 0 saturated heterocycles. The number of hydrogen-bond acceptors (Lipinski definition) is 5. The van der Waals surface area contributed by atoms with Gasteiger partial charge in [-0.15, -0.1) is 0 Å². The highest BCUT2D eigenvalue weighted by molar-refractivity contribution is 6.37. The lowest BCUT2D eigenvalue weighted by Crippen LogP contribution is -2.04. The van der Waals surface area contributed by atoms with E-state index < -0.39 is 0 Å². The number of benzene rings is 1. The largest absolute Gasteiger partial charge is 0.490 e. The number of aliphatic hydroxyl groups is 1. The summed E-state index contributed by atoms with van der Waals surface area (Å²) < 4.78 is 7.51. The number of hydrogen-bond donors (Lipinski definition) is 2. The van der Waals surface area contributed by atoms with Gasteiger partial charge >= 0.3 is 0 Å². The summed E-state index contributed by atoms with van der Waals surface area (Å²) in [5.74, 6) is 0.451. The fraction of sp³-hybridized carbons (Fsp3) is 0.167. The molecule has 0 aliphatic heterocycles. The predicted octanol–water partition coefficient (Wildman–Crippen LogP) is 6.20. The number of allylic oxidation sites excluding steroid dienone is 1. The summed E-state index contributed by atoms with van der Waals surface area (Å²) in [5, 5.41) is 13.7. The molecule has 4 rings (SSSR count). The number of imidazole rings is 1. The molecule has 0 radical (unpaired) electrons. The van der Waals surface area contributed by atoms with Crippen molar-refractivity contribution in [3.63, 3.8) is 0 Å². The van der Waals surface area contributed by atoms with Gasteiger partial charge in [-0.2, -0.15) is 0 Å². The number of fused-ring (bicyclic) bond motifs is 1. The number of aryl methyl sites for hydroxylation is 1. The van der Waals surface area contributed by atoms with Crippen molar-refractivity contribution in [2.75, 3.05) is 18.5 Å². The number of halogens is 3. The third kappa shape index (κ3) is 5.25. The Hall–Kier alpha value is -2.77. The minimum atomic E-state index is -0.113. The van der Waals surface area contributed by atoms with E-state index in [0.717, 1.165) is 39.7 Å². The molecule has 0 saturated carbocycles. The lowest BCUT2D eigenvalue weighted by molar-refractivity contribution is 0.201. The average Bonchev–Trinajstić information content (AvgIpc) is 3.17. The second kappa shape index (κ2) is 10.0. The zero-order valence-electron chi connectivity index (χ0n) is 17.8. The molecular weight excluding hydrogens is 483 g/mol. The molecule has 0 aliphatic rings. The van der Waals surface area contributed by atoms with Gasteiger partial charge in [0.2, 0.25) is 0 Å². The normalized spacial score (nSPS) is 11.1. The molecule has 3 aromatic heterocycles. The maximum atomic E-state index is 9.07. The molecule has 0 bridgehead atoms. The van der Waals surface area contributed by atoms with Gasteiger partial charge in [0, 0.05) is 23.9 Å². The van der Waals surface area contributed by atoms with Gasteiger partial charge in [-0.25, -0.2) is 9.97 Å². The minimum Gasteiger partial charge on any atom is -0.490 e. The van der Waals surface area contributed by atoms with Crippen LogP contribution in [0.3, 0.4) is 0 Å². The molecule has 0 aliphatic carbocycles.